The van der Waals surface area contributed by atoms with Gasteiger partial charge in [0, 0.05) is 12.2 Å². The molecule has 3 nitrogen and oxygen atoms in total. The Morgan fingerprint density at radius 2 is 1.75 bits per heavy atom. The SMILES string of the molecule is CCCCCCNC(=O)Nc1ccc(C(F)(F)F)cc1. The lowest BCUT2D eigenvalue weighted by Crippen LogP contribution is -2.29. The van der Waals surface area contributed by atoms with E-state index in [1.165, 1.54) is 12.1 Å². The molecule has 0 aliphatic heterocycles. The van der Waals surface area contributed by atoms with Gasteiger partial charge < -0.3 is 10.6 Å². The summed E-state index contributed by atoms with van der Waals surface area (Å²) in [4.78, 5) is 11.5. The molecule has 0 aliphatic rings. The normalized spacial score (nSPS) is 11.2. The zero-order valence-electron chi connectivity index (χ0n) is 11.4. The molecule has 1 rings (SSSR count). The molecule has 0 fully saturated rings. The Morgan fingerprint density at radius 1 is 1.10 bits per heavy atom. The van der Waals surface area contributed by atoms with Gasteiger partial charge in [-0.3, -0.25) is 0 Å². The summed E-state index contributed by atoms with van der Waals surface area (Å²) in [5.74, 6) is 0. The van der Waals surface area contributed by atoms with Gasteiger partial charge in [0.1, 0.15) is 0 Å². The number of carbonyl (C=O) groups is 1. The second-order valence-corrected chi connectivity index (χ2v) is 4.52. The van der Waals surface area contributed by atoms with Crippen LogP contribution in [0.15, 0.2) is 24.3 Å². The number of carbonyl (C=O) groups excluding carboxylic acids is 1. The summed E-state index contributed by atoms with van der Waals surface area (Å²) in [5.41, 5.74) is -0.396. The Kier molecular flexibility index (Phi) is 6.35. The van der Waals surface area contributed by atoms with Crippen LogP contribution in [0.1, 0.15) is 38.2 Å². The van der Waals surface area contributed by atoms with Gasteiger partial charge >= 0.3 is 12.2 Å². The van der Waals surface area contributed by atoms with Crippen molar-refractivity contribution in [1.29, 1.82) is 0 Å². The number of halogens is 3. The van der Waals surface area contributed by atoms with E-state index in [-0.39, 0.29) is 0 Å². The molecule has 6 heteroatoms. The summed E-state index contributed by atoms with van der Waals surface area (Å²) < 4.78 is 37.1. The van der Waals surface area contributed by atoms with Crippen LogP contribution in [0.4, 0.5) is 23.7 Å². The van der Waals surface area contributed by atoms with Crippen molar-refractivity contribution in [3.8, 4) is 0 Å². The Labute approximate surface area is 116 Å². The van der Waals surface area contributed by atoms with Crippen molar-refractivity contribution in [2.24, 2.45) is 0 Å². The lowest BCUT2D eigenvalue weighted by molar-refractivity contribution is -0.137. The molecule has 0 atom stereocenters. The van der Waals surface area contributed by atoms with Gasteiger partial charge in [-0.2, -0.15) is 13.2 Å². The van der Waals surface area contributed by atoms with E-state index in [4.69, 9.17) is 0 Å². The van der Waals surface area contributed by atoms with Crippen LogP contribution < -0.4 is 10.6 Å². The van der Waals surface area contributed by atoms with E-state index in [1.54, 1.807) is 0 Å². The van der Waals surface area contributed by atoms with Crippen molar-refractivity contribution in [2.75, 3.05) is 11.9 Å². The fourth-order valence-corrected chi connectivity index (χ4v) is 1.67. The number of alkyl halides is 3. The first-order valence-corrected chi connectivity index (χ1v) is 6.65. The molecule has 0 aromatic heterocycles. The van der Waals surface area contributed by atoms with Crippen LogP contribution in [-0.4, -0.2) is 12.6 Å². The zero-order valence-corrected chi connectivity index (χ0v) is 11.4. The van der Waals surface area contributed by atoms with Gasteiger partial charge in [0.05, 0.1) is 5.56 Å². The molecule has 0 spiro atoms. The van der Waals surface area contributed by atoms with Crippen molar-refractivity contribution in [2.45, 2.75) is 38.8 Å². The molecule has 1 aromatic rings. The van der Waals surface area contributed by atoms with Crippen LogP contribution in [0.25, 0.3) is 0 Å². The summed E-state index contributed by atoms with van der Waals surface area (Å²) >= 11 is 0. The average molecular weight is 288 g/mol. The fourth-order valence-electron chi connectivity index (χ4n) is 1.67. The van der Waals surface area contributed by atoms with E-state index in [0.717, 1.165) is 37.8 Å². The molecule has 112 valence electrons. The van der Waals surface area contributed by atoms with E-state index in [0.29, 0.717) is 12.2 Å². The van der Waals surface area contributed by atoms with Gasteiger partial charge in [-0.05, 0) is 30.7 Å². The fraction of sp³-hybridized carbons (Fsp3) is 0.500. The van der Waals surface area contributed by atoms with E-state index < -0.39 is 17.8 Å². The largest absolute Gasteiger partial charge is 0.416 e. The second kappa shape index (κ2) is 7.77. The van der Waals surface area contributed by atoms with Gasteiger partial charge in [-0.15, -0.1) is 0 Å². The highest BCUT2D eigenvalue weighted by Gasteiger charge is 2.29. The molecule has 0 heterocycles. The Bertz CT molecular complexity index is 415. The summed E-state index contributed by atoms with van der Waals surface area (Å²) in [6.07, 6.45) is -0.161. The average Bonchev–Trinajstić information content (AvgIpc) is 2.38. The van der Waals surface area contributed by atoms with Crippen molar-refractivity contribution in [3.05, 3.63) is 29.8 Å². The predicted molar refractivity (Wildman–Crippen MR) is 72.6 cm³/mol. The van der Waals surface area contributed by atoms with Crippen LogP contribution >= 0.6 is 0 Å². The summed E-state index contributed by atoms with van der Waals surface area (Å²) in [5, 5.41) is 5.16. The minimum Gasteiger partial charge on any atom is -0.338 e. The van der Waals surface area contributed by atoms with Crippen molar-refractivity contribution in [1.82, 2.24) is 5.32 Å². The molecular weight excluding hydrogens is 269 g/mol. The first-order valence-electron chi connectivity index (χ1n) is 6.65. The molecule has 1 aromatic carbocycles. The molecule has 0 bridgehead atoms. The maximum absolute atomic E-state index is 12.4. The number of rotatable bonds is 6. The number of unbranched alkanes of at least 4 members (excludes halogenated alkanes) is 3. The van der Waals surface area contributed by atoms with Crippen LogP contribution in [0, 0.1) is 0 Å². The molecule has 0 unspecified atom stereocenters. The van der Waals surface area contributed by atoms with Crippen LogP contribution in [-0.2, 0) is 6.18 Å². The monoisotopic (exact) mass is 288 g/mol. The molecule has 0 saturated carbocycles. The maximum atomic E-state index is 12.4. The lowest BCUT2D eigenvalue weighted by Gasteiger charge is -2.09. The van der Waals surface area contributed by atoms with Crippen molar-refractivity contribution < 1.29 is 18.0 Å². The number of nitrogens with one attached hydrogen (secondary N) is 2. The van der Waals surface area contributed by atoms with Gasteiger partial charge in [-0.25, -0.2) is 4.79 Å². The highest BCUT2D eigenvalue weighted by Crippen LogP contribution is 2.29. The molecule has 0 aliphatic carbocycles. The van der Waals surface area contributed by atoms with Crippen LogP contribution in [0.2, 0.25) is 0 Å². The topological polar surface area (TPSA) is 41.1 Å². The van der Waals surface area contributed by atoms with E-state index in [9.17, 15) is 18.0 Å². The number of urea groups is 1. The maximum Gasteiger partial charge on any atom is 0.416 e. The summed E-state index contributed by atoms with van der Waals surface area (Å²) in [6, 6.07) is 3.95. The number of benzene rings is 1. The molecule has 0 radical (unpaired) electrons. The van der Waals surface area contributed by atoms with Gasteiger partial charge in [0.25, 0.3) is 0 Å². The first kappa shape index (κ1) is 16.3. The predicted octanol–water partition coefficient (Wildman–Crippen LogP) is 4.41. The molecule has 20 heavy (non-hydrogen) atoms. The minimum atomic E-state index is -4.36. The third kappa shape index (κ3) is 5.95. The standard InChI is InChI=1S/C14H19F3N2O/c1-2-3-4-5-10-18-13(20)19-12-8-6-11(7-9-12)14(15,16)17/h6-9H,2-5,10H2,1H3,(H2,18,19,20). The first-order chi connectivity index (χ1) is 9.43. The van der Waals surface area contributed by atoms with E-state index in [1.807, 2.05) is 0 Å². The zero-order chi connectivity index (χ0) is 15.0. The van der Waals surface area contributed by atoms with Gasteiger partial charge in [-0.1, -0.05) is 26.2 Å². The lowest BCUT2D eigenvalue weighted by atomic mass is 10.2. The Hall–Kier alpha value is -1.72. The van der Waals surface area contributed by atoms with Crippen LogP contribution in [0.3, 0.4) is 0 Å². The Morgan fingerprint density at radius 3 is 2.30 bits per heavy atom. The highest BCUT2D eigenvalue weighted by molar-refractivity contribution is 5.89. The number of hydrogen-bond donors (Lipinski definition) is 2. The smallest absolute Gasteiger partial charge is 0.338 e. The van der Waals surface area contributed by atoms with Gasteiger partial charge in [0.2, 0.25) is 0 Å². The molecular formula is C14H19F3N2O. The Balaban J connectivity index is 2.35. The van der Waals surface area contributed by atoms with Crippen LogP contribution in [0.5, 0.6) is 0 Å². The minimum absolute atomic E-state index is 0.337. The quantitative estimate of drug-likeness (QED) is 0.748. The molecule has 2 amide bonds. The summed E-state index contributed by atoms with van der Waals surface area (Å²) in [6.45, 7) is 2.66. The van der Waals surface area contributed by atoms with Crippen molar-refractivity contribution >= 4 is 11.7 Å². The molecule has 0 saturated heterocycles. The highest BCUT2D eigenvalue weighted by atomic mass is 19.4. The third-order valence-corrected chi connectivity index (χ3v) is 2.79. The van der Waals surface area contributed by atoms with Gasteiger partial charge in [0.15, 0.2) is 0 Å². The van der Waals surface area contributed by atoms with E-state index >= 15 is 0 Å². The van der Waals surface area contributed by atoms with Crippen molar-refractivity contribution in [3.63, 3.8) is 0 Å². The second-order valence-electron chi connectivity index (χ2n) is 4.52. The number of anilines is 1. The molecule has 2 N–H and O–H groups in total. The third-order valence-electron chi connectivity index (χ3n) is 2.79. The number of hydrogen-bond acceptors (Lipinski definition) is 1. The van der Waals surface area contributed by atoms with E-state index in [2.05, 4.69) is 17.6 Å². The number of amides is 2. The summed E-state index contributed by atoms with van der Waals surface area (Å²) in [7, 11) is 0.